The standard InChI is InChI=1S/C22H25ClN4O3S/c1-17-20(23)5-3-6-21(17)27(31(2,29)30)13-4-7-22(28)25-15-18-8-10-19(11-9-18)26-14-12-24-16-26/h3,5-6,8-12,14,16H,4,7,13,15H2,1-2H3,(H,25,28). The molecule has 0 aliphatic heterocycles. The quantitative estimate of drug-likeness (QED) is 0.527. The van der Waals surface area contributed by atoms with Crippen molar-refractivity contribution >= 4 is 33.2 Å². The summed E-state index contributed by atoms with van der Waals surface area (Å²) in [5, 5.41) is 3.38. The number of nitrogens with one attached hydrogen (secondary N) is 1. The number of aromatic nitrogens is 2. The van der Waals surface area contributed by atoms with Gasteiger partial charge in [0, 0.05) is 42.6 Å². The molecule has 31 heavy (non-hydrogen) atoms. The summed E-state index contributed by atoms with van der Waals surface area (Å²) in [6.45, 7) is 2.39. The third-order valence-corrected chi connectivity index (χ3v) is 6.49. The topological polar surface area (TPSA) is 84.3 Å². The highest BCUT2D eigenvalue weighted by Crippen LogP contribution is 2.28. The summed E-state index contributed by atoms with van der Waals surface area (Å²) in [4.78, 5) is 16.3. The lowest BCUT2D eigenvalue weighted by Crippen LogP contribution is -2.32. The van der Waals surface area contributed by atoms with E-state index >= 15 is 0 Å². The largest absolute Gasteiger partial charge is 0.352 e. The molecule has 0 aliphatic carbocycles. The molecule has 1 N–H and O–H groups in total. The number of halogens is 1. The Morgan fingerprint density at radius 2 is 1.94 bits per heavy atom. The van der Waals surface area contributed by atoms with Crippen molar-refractivity contribution in [2.24, 2.45) is 0 Å². The second-order valence-electron chi connectivity index (χ2n) is 7.24. The van der Waals surface area contributed by atoms with Crippen LogP contribution in [-0.4, -0.2) is 36.7 Å². The monoisotopic (exact) mass is 460 g/mol. The molecule has 0 saturated carbocycles. The van der Waals surface area contributed by atoms with E-state index in [2.05, 4.69) is 10.3 Å². The van der Waals surface area contributed by atoms with Gasteiger partial charge < -0.3 is 9.88 Å². The van der Waals surface area contributed by atoms with Gasteiger partial charge in [0.05, 0.1) is 18.3 Å². The number of hydrogen-bond acceptors (Lipinski definition) is 4. The fraction of sp³-hybridized carbons (Fsp3) is 0.273. The van der Waals surface area contributed by atoms with Crippen LogP contribution >= 0.6 is 11.6 Å². The van der Waals surface area contributed by atoms with Gasteiger partial charge in [0.2, 0.25) is 15.9 Å². The molecule has 9 heteroatoms. The van der Waals surface area contributed by atoms with Gasteiger partial charge in [0.15, 0.2) is 0 Å². The number of sulfonamides is 1. The Morgan fingerprint density at radius 1 is 1.19 bits per heavy atom. The number of benzene rings is 2. The first-order valence-electron chi connectivity index (χ1n) is 9.82. The van der Waals surface area contributed by atoms with Crippen LogP contribution < -0.4 is 9.62 Å². The third-order valence-electron chi connectivity index (χ3n) is 4.90. The molecule has 0 radical (unpaired) electrons. The van der Waals surface area contributed by atoms with Crippen molar-refractivity contribution in [3.63, 3.8) is 0 Å². The summed E-state index contributed by atoms with van der Waals surface area (Å²) < 4.78 is 27.7. The first-order chi connectivity index (χ1) is 14.8. The molecule has 0 saturated heterocycles. The molecule has 3 rings (SSSR count). The van der Waals surface area contributed by atoms with Gasteiger partial charge in [-0.1, -0.05) is 29.8 Å². The van der Waals surface area contributed by atoms with Crippen LogP contribution in [0, 0.1) is 6.92 Å². The van der Waals surface area contributed by atoms with Crippen LogP contribution in [0.25, 0.3) is 5.69 Å². The Labute approximate surface area is 187 Å². The van der Waals surface area contributed by atoms with Crippen LogP contribution in [0.4, 0.5) is 5.69 Å². The van der Waals surface area contributed by atoms with Gasteiger partial charge in [-0.05, 0) is 48.7 Å². The number of amides is 1. The summed E-state index contributed by atoms with van der Waals surface area (Å²) >= 11 is 6.14. The molecule has 2 aromatic carbocycles. The number of imidazole rings is 1. The highest BCUT2D eigenvalue weighted by molar-refractivity contribution is 7.92. The van der Waals surface area contributed by atoms with E-state index in [0.29, 0.717) is 29.2 Å². The number of carbonyl (C=O) groups is 1. The maximum absolute atomic E-state index is 12.3. The average molecular weight is 461 g/mol. The predicted molar refractivity (Wildman–Crippen MR) is 123 cm³/mol. The molecular weight excluding hydrogens is 436 g/mol. The van der Waals surface area contributed by atoms with Crippen molar-refractivity contribution in [3.05, 3.63) is 77.3 Å². The van der Waals surface area contributed by atoms with Crippen molar-refractivity contribution in [1.29, 1.82) is 0 Å². The normalized spacial score (nSPS) is 11.3. The summed E-state index contributed by atoms with van der Waals surface area (Å²) in [5.74, 6) is -0.130. The fourth-order valence-corrected chi connectivity index (χ4v) is 4.39. The number of hydrogen-bond donors (Lipinski definition) is 1. The van der Waals surface area contributed by atoms with E-state index in [1.54, 1.807) is 37.6 Å². The molecule has 1 aromatic heterocycles. The lowest BCUT2D eigenvalue weighted by atomic mass is 10.2. The van der Waals surface area contributed by atoms with Gasteiger partial charge in [-0.2, -0.15) is 0 Å². The molecule has 0 aliphatic rings. The Hall–Kier alpha value is -2.84. The zero-order valence-electron chi connectivity index (χ0n) is 17.5. The Balaban J connectivity index is 1.52. The Kier molecular flexibility index (Phi) is 7.35. The van der Waals surface area contributed by atoms with Crippen molar-refractivity contribution in [3.8, 4) is 5.69 Å². The molecule has 1 amide bonds. The Morgan fingerprint density at radius 3 is 2.58 bits per heavy atom. The maximum atomic E-state index is 12.3. The Bertz CT molecular complexity index is 1130. The van der Waals surface area contributed by atoms with Crippen LogP contribution in [0.5, 0.6) is 0 Å². The fourth-order valence-electron chi connectivity index (χ4n) is 3.20. The minimum atomic E-state index is -3.50. The van der Waals surface area contributed by atoms with E-state index in [0.717, 1.165) is 17.5 Å². The van der Waals surface area contributed by atoms with Crippen molar-refractivity contribution in [2.75, 3.05) is 17.1 Å². The van der Waals surface area contributed by atoms with E-state index in [1.165, 1.54) is 4.31 Å². The lowest BCUT2D eigenvalue weighted by Gasteiger charge is -2.24. The minimum absolute atomic E-state index is 0.130. The van der Waals surface area contributed by atoms with Gasteiger partial charge in [0.1, 0.15) is 0 Å². The van der Waals surface area contributed by atoms with Gasteiger partial charge >= 0.3 is 0 Å². The zero-order valence-corrected chi connectivity index (χ0v) is 19.0. The smallest absolute Gasteiger partial charge is 0.232 e. The predicted octanol–water partition coefficient (Wildman–Crippen LogP) is 3.70. The van der Waals surface area contributed by atoms with Gasteiger partial charge in [0.25, 0.3) is 0 Å². The SMILES string of the molecule is Cc1c(Cl)cccc1N(CCCC(=O)NCc1ccc(-n2ccnc2)cc1)S(C)(=O)=O. The van der Waals surface area contributed by atoms with Crippen LogP contribution in [0.3, 0.4) is 0 Å². The van der Waals surface area contributed by atoms with Gasteiger partial charge in [-0.3, -0.25) is 9.10 Å². The average Bonchev–Trinajstić information content (AvgIpc) is 3.26. The molecule has 1 heterocycles. The van der Waals surface area contributed by atoms with Gasteiger partial charge in [-0.25, -0.2) is 13.4 Å². The second kappa shape index (κ2) is 9.98. The number of carbonyl (C=O) groups excluding carboxylic acids is 1. The lowest BCUT2D eigenvalue weighted by molar-refractivity contribution is -0.121. The molecular formula is C22H25ClN4O3S. The van der Waals surface area contributed by atoms with E-state index in [9.17, 15) is 13.2 Å². The third kappa shape index (κ3) is 6.08. The molecule has 164 valence electrons. The maximum Gasteiger partial charge on any atom is 0.232 e. The van der Waals surface area contributed by atoms with E-state index in [4.69, 9.17) is 11.6 Å². The highest BCUT2D eigenvalue weighted by atomic mass is 35.5. The van der Waals surface area contributed by atoms with Crippen molar-refractivity contribution in [2.45, 2.75) is 26.3 Å². The summed E-state index contributed by atoms with van der Waals surface area (Å²) in [5.41, 5.74) is 3.20. The second-order valence-corrected chi connectivity index (χ2v) is 9.55. The summed E-state index contributed by atoms with van der Waals surface area (Å²) in [6.07, 6.45) is 7.07. The van der Waals surface area contributed by atoms with E-state index in [-0.39, 0.29) is 18.9 Å². The molecule has 0 unspecified atom stereocenters. The highest BCUT2D eigenvalue weighted by Gasteiger charge is 2.20. The molecule has 0 atom stereocenters. The minimum Gasteiger partial charge on any atom is -0.352 e. The molecule has 0 fully saturated rings. The van der Waals surface area contributed by atoms with E-state index in [1.807, 2.05) is 35.0 Å². The first kappa shape index (κ1) is 22.8. The number of nitrogens with zero attached hydrogens (tertiary/aromatic N) is 3. The number of rotatable bonds is 9. The van der Waals surface area contributed by atoms with E-state index < -0.39 is 10.0 Å². The number of anilines is 1. The van der Waals surface area contributed by atoms with Crippen LogP contribution in [0.15, 0.2) is 61.2 Å². The zero-order chi connectivity index (χ0) is 22.4. The summed E-state index contributed by atoms with van der Waals surface area (Å²) in [7, 11) is -3.50. The molecule has 3 aromatic rings. The van der Waals surface area contributed by atoms with Gasteiger partial charge in [-0.15, -0.1) is 0 Å². The molecule has 0 spiro atoms. The molecule has 7 nitrogen and oxygen atoms in total. The van der Waals surface area contributed by atoms with Crippen LogP contribution in [0.1, 0.15) is 24.0 Å². The van der Waals surface area contributed by atoms with Crippen molar-refractivity contribution < 1.29 is 13.2 Å². The van der Waals surface area contributed by atoms with Crippen LogP contribution in [-0.2, 0) is 21.4 Å². The summed E-state index contributed by atoms with van der Waals surface area (Å²) in [6, 6.07) is 13.0. The first-order valence-corrected chi connectivity index (χ1v) is 12.0. The van der Waals surface area contributed by atoms with Crippen LogP contribution in [0.2, 0.25) is 5.02 Å². The molecule has 0 bridgehead atoms. The van der Waals surface area contributed by atoms with Crippen molar-refractivity contribution in [1.82, 2.24) is 14.9 Å².